The lowest BCUT2D eigenvalue weighted by atomic mass is 10.0. The number of piperazine rings is 1. The third-order valence-electron chi connectivity index (χ3n) is 5.71. The molecule has 6 nitrogen and oxygen atoms in total. The highest BCUT2D eigenvalue weighted by Crippen LogP contribution is 2.27. The standard InChI is InChI=1S/C24H30FN3O3S/c1-5-24(29)28-13-12-27(15-18(28)3)16-23(19-7-6-17(2)22(25)14-19)31-20-8-10-21(11-9-20)32(4,26)30/h5-11,14,18,23,26H,1,12-13,15-16H2,2-4H3/t18-,23-,32+/m1/s1. The fraction of sp³-hybridized carbons (Fsp3) is 0.375. The van der Waals surface area contributed by atoms with Crippen LogP contribution < -0.4 is 4.74 Å². The average Bonchev–Trinajstić information content (AvgIpc) is 2.74. The number of halogens is 1. The molecule has 0 saturated carbocycles. The number of amides is 1. The molecular weight excluding hydrogens is 429 g/mol. The molecule has 0 bridgehead atoms. The molecule has 1 heterocycles. The molecule has 0 aliphatic carbocycles. The summed E-state index contributed by atoms with van der Waals surface area (Å²) in [6.07, 6.45) is 2.27. The topological polar surface area (TPSA) is 73.7 Å². The van der Waals surface area contributed by atoms with Gasteiger partial charge in [0, 0.05) is 43.4 Å². The number of hydrogen-bond acceptors (Lipinski definition) is 5. The van der Waals surface area contributed by atoms with Crippen LogP contribution in [-0.4, -0.2) is 58.4 Å². The molecule has 1 amide bonds. The number of nitrogens with zero attached hydrogens (tertiary/aromatic N) is 2. The zero-order valence-electron chi connectivity index (χ0n) is 18.7. The van der Waals surface area contributed by atoms with Crippen LogP contribution in [0.1, 0.15) is 24.2 Å². The number of benzene rings is 2. The molecule has 2 aromatic carbocycles. The molecule has 1 aliphatic heterocycles. The van der Waals surface area contributed by atoms with Gasteiger partial charge in [0.2, 0.25) is 5.91 Å². The predicted octanol–water partition coefficient (Wildman–Crippen LogP) is 4.01. The summed E-state index contributed by atoms with van der Waals surface area (Å²) in [6, 6.07) is 11.7. The predicted molar refractivity (Wildman–Crippen MR) is 124 cm³/mol. The molecule has 2 aromatic rings. The summed E-state index contributed by atoms with van der Waals surface area (Å²) >= 11 is 0. The van der Waals surface area contributed by atoms with Gasteiger partial charge in [-0.05, 0) is 61.4 Å². The zero-order valence-corrected chi connectivity index (χ0v) is 19.5. The van der Waals surface area contributed by atoms with Crippen molar-refractivity contribution in [2.24, 2.45) is 0 Å². The van der Waals surface area contributed by atoms with Gasteiger partial charge < -0.3 is 9.64 Å². The highest BCUT2D eigenvalue weighted by atomic mass is 32.2. The normalized spacial score (nSPS) is 19.8. The van der Waals surface area contributed by atoms with Gasteiger partial charge in [-0.3, -0.25) is 9.69 Å². The smallest absolute Gasteiger partial charge is 0.246 e. The Labute approximate surface area is 189 Å². The Hall–Kier alpha value is -2.71. The summed E-state index contributed by atoms with van der Waals surface area (Å²) < 4.78 is 40.2. The Kier molecular flexibility index (Phi) is 7.36. The van der Waals surface area contributed by atoms with Crippen molar-refractivity contribution >= 4 is 15.6 Å². The van der Waals surface area contributed by atoms with E-state index in [0.717, 1.165) is 0 Å². The van der Waals surface area contributed by atoms with E-state index in [1.54, 1.807) is 42.2 Å². The maximum absolute atomic E-state index is 14.3. The number of nitrogens with one attached hydrogen (secondary N) is 1. The van der Waals surface area contributed by atoms with Crippen molar-refractivity contribution in [2.45, 2.75) is 30.9 Å². The van der Waals surface area contributed by atoms with E-state index in [1.807, 2.05) is 13.0 Å². The van der Waals surface area contributed by atoms with Crippen molar-refractivity contribution < 1.29 is 18.1 Å². The zero-order chi connectivity index (χ0) is 23.5. The van der Waals surface area contributed by atoms with E-state index in [9.17, 15) is 13.4 Å². The molecule has 0 radical (unpaired) electrons. The molecule has 1 fully saturated rings. The lowest BCUT2D eigenvalue weighted by Gasteiger charge is -2.40. The quantitative estimate of drug-likeness (QED) is 0.635. The van der Waals surface area contributed by atoms with Gasteiger partial charge in [0.1, 0.15) is 17.7 Å². The molecule has 32 heavy (non-hydrogen) atoms. The van der Waals surface area contributed by atoms with E-state index in [2.05, 4.69) is 11.5 Å². The SMILES string of the molecule is C=CC(=O)N1CCN(C[C@@H](Oc2ccc([S@@](C)(=N)=O)cc2)c2ccc(C)c(F)c2)C[C@H]1C. The van der Waals surface area contributed by atoms with Crippen molar-refractivity contribution in [1.82, 2.24) is 9.80 Å². The average molecular weight is 460 g/mol. The van der Waals surface area contributed by atoms with Crippen LogP contribution in [0.3, 0.4) is 0 Å². The van der Waals surface area contributed by atoms with Crippen molar-refractivity contribution in [3.05, 3.63) is 72.1 Å². The minimum atomic E-state index is -2.81. The van der Waals surface area contributed by atoms with Gasteiger partial charge in [-0.2, -0.15) is 0 Å². The Bertz CT molecular complexity index is 1090. The van der Waals surface area contributed by atoms with Gasteiger partial charge in [-0.15, -0.1) is 0 Å². The number of ether oxygens (including phenoxy) is 1. The molecule has 0 aromatic heterocycles. The molecule has 0 spiro atoms. The first-order chi connectivity index (χ1) is 15.1. The minimum absolute atomic E-state index is 0.0266. The van der Waals surface area contributed by atoms with Gasteiger partial charge in [0.15, 0.2) is 0 Å². The first kappa shape index (κ1) is 23.9. The Morgan fingerprint density at radius 3 is 2.56 bits per heavy atom. The summed E-state index contributed by atoms with van der Waals surface area (Å²) in [5, 5.41) is 0. The summed E-state index contributed by atoms with van der Waals surface area (Å²) in [7, 11) is -2.81. The Balaban J connectivity index is 1.81. The molecule has 3 atom stereocenters. The Morgan fingerprint density at radius 1 is 1.31 bits per heavy atom. The summed E-state index contributed by atoms with van der Waals surface area (Å²) in [6.45, 7) is 9.74. The molecule has 1 aliphatic rings. The van der Waals surface area contributed by atoms with Crippen LogP contribution in [0.2, 0.25) is 0 Å². The number of carbonyl (C=O) groups excluding carboxylic acids is 1. The van der Waals surface area contributed by atoms with Gasteiger partial charge in [-0.1, -0.05) is 18.7 Å². The maximum atomic E-state index is 14.3. The highest BCUT2D eigenvalue weighted by molar-refractivity contribution is 7.91. The van der Waals surface area contributed by atoms with E-state index in [4.69, 9.17) is 9.52 Å². The van der Waals surface area contributed by atoms with E-state index in [0.29, 0.717) is 48.0 Å². The fourth-order valence-corrected chi connectivity index (χ4v) is 4.50. The van der Waals surface area contributed by atoms with Crippen LogP contribution in [0.4, 0.5) is 4.39 Å². The number of hydrogen-bond donors (Lipinski definition) is 1. The van der Waals surface area contributed by atoms with Gasteiger partial charge >= 0.3 is 0 Å². The van der Waals surface area contributed by atoms with Gasteiger partial charge in [0.05, 0.1) is 9.73 Å². The minimum Gasteiger partial charge on any atom is -0.484 e. The van der Waals surface area contributed by atoms with Crippen LogP contribution in [0, 0.1) is 17.5 Å². The Morgan fingerprint density at radius 2 is 2.00 bits per heavy atom. The second kappa shape index (κ2) is 9.83. The molecule has 1 N–H and O–H groups in total. The van der Waals surface area contributed by atoms with Gasteiger partial charge in [0.25, 0.3) is 0 Å². The van der Waals surface area contributed by atoms with Crippen molar-refractivity contribution in [1.29, 1.82) is 4.78 Å². The molecule has 3 rings (SSSR count). The highest BCUT2D eigenvalue weighted by Gasteiger charge is 2.28. The monoisotopic (exact) mass is 459 g/mol. The second-order valence-electron chi connectivity index (χ2n) is 8.27. The van der Waals surface area contributed by atoms with E-state index < -0.39 is 15.8 Å². The largest absolute Gasteiger partial charge is 0.484 e. The second-order valence-corrected chi connectivity index (χ2v) is 10.4. The molecule has 8 heteroatoms. The molecular formula is C24H30FN3O3S. The van der Waals surface area contributed by atoms with Crippen LogP contribution in [0.25, 0.3) is 0 Å². The van der Waals surface area contributed by atoms with Crippen LogP contribution in [0.15, 0.2) is 60.0 Å². The molecule has 0 unspecified atom stereocenters. The first-order valence-electron chi connectivity index (χ1n) is 10.5. The van der Waals surface area contributed by atoms with Crippen LogP contribution in [0.5, 0.6) is 5.75 Å². The molecule has 1 saturated heterocycles. The number of aryl methyl sites for hydroxylation is 1. The van der Waals surface area contributed by atoms with Crippen LogP contribution in [-0.2, 0) is 14.5 Å². The lowest BCUT2D eigenvalue weighted by Crippen LogP contribution is -2.54. The van der Waals surface area contributed by atoms with E-state index >= 15 is 0 Å². The fourth-order valence-electron chi connectivity index (χ4n) is 3.84. The van der Waals surface area contributed by atoms with E-state index in [1.165, 1.54) is 18.4 Å². The summed E-state index contributed by atoms with van der Waals surface area (Å²) in [4.78, 5) is 16.5. The number of rotatable bonds is 7. The third-order valence-corrected chi connectivity index (χ3v) is 6.88. The first-order valence-corrected chi connectivity index (χ1v) is 12.5. The van der Waals surface area contributed by atoms with Crippen LogP contribution >= 0.6 is 0 Å². The van der Waals surface area contributed by atoms with Crippen molar-refractivity contribution in [3.63, 3.8) is 0 Å². The lowest BCUT2D eigenvalue weighted by molar-refractivity contribution is -0.130. The van der Waals surface area contributed by atoms with Crippen molar-refractivity contribution in [2.75, 3.05) is 32.4 Å². The number of carbonyl (C=O) groups is 1. The van der Waals surface area contributed by atoms with Crippen molar-refractivity contribution in [3.8, 4) is 5.75 Å². The summed E-state index contributed by atoms with van der Waals surface area (Å²) in [5.74, 6) is 0.186. The van der Waals surface area contributed by atoms with E-state index in [-0.39, 0.29) is 17.8 Å². The third kappa shape index (κ3) is 5.75. The van der Waals surface area contributed by atoms with Gasteiger partial charge in [-0.25, -0.2) is 13.4 Å². The maximum Gasteiger partial charge on any atom is 0.246 e. The molecule has 172 valence electrons. The summed E-state index contributed by atoms with van der Waals surface area (Å²) in [5.41, 5.74) is 1.28.